The van der Waals surface area contributed by atoms with Gasteiger partial charge < -0.3 is 5.32 Å². The maximum atomic E-state index is 12.5. The van der Waals surface area contributed by atoms with E-state index in [0.29, 0.717) is 6.04 Å². The predicted octanol–water partition coefficient (Wildman–Crippen LogP) is 2.89. The Morgan fingerprint density at radius 3 is 2.53 bits per heavy atom. The molecule has 1 fully saturated rings. The zero-order valence-corrected chi connectivity index (χ0v) is 11.0. The van der Waals surface area contributed by atoms with E-state index in [1.54, 1.807) is 12.1 Å². The summed E-state index contributed by atoms with van der Waals surface area (Å²) in [5.41, 5.74) is 0.354. The molecule has 0 spiro atoms. The zero-order chi connectivity index (χ0) is 13.9. The lowest BCUT2D eigenvalue weighted by atomic mass is 10.1. The predicted molar refractivity (Wildman–Crippen MR) is 68.8 cm³/mol. The summed E-state index contributed by atoms with van der Waals surface area (Å²) in [6.45, 7) is 5.70. The lowest BCUT2D eigenvalue weighted by Gasteiger charge is -2.33. The molecule has 1 saturated heterocycles. The number of piperazine rings is 1. The highest BCUT2D eigenvalue weighted by Gasteiger charge is 2.30. The molecule has 1 aromatic rings. The molecule has 1 unspecified atom stereocenters. The van der Waals surface area contributed by atoms with Crippen LogP contribution >= 0.6 is 0 Å². The maximum Gasteiger partial charge on any atom is 0.416 e. The van der Waals surface area contributed by atoms with Crippen molar-refractivity contribution in [3.63, 3.8) is 0 Å². The Hall–Kier alpha value is -1.07. The summed E-state index contributed by atoms with van der Waals surface area (Å²) in [7, 11) is 0. The average Bonchev–Trinajstić information content (AvgIpc) is 2.38. The molecule has 1 atom stereocenters. The Bertz CT molecular complexity index is 400. The Morgan fingerprint density at radius 2 is 1.95 bits per heavy atom. The van der Waals surface area contributed by atoms with E-state index >= 15 is 0 Å². The van der Waals surface area contributed by atoms with E-state index in [1.165, 1.54) is 0 Å². The largest absolute Gasteiger partial charge is 0.416 e. The minimum atomic E-state index is -4.25. The van der Waals surface area contributed by atoms with Crippen molar-refractivity contribution >= 4 is 0 Å². The fourth-order valence-corrected chi connectivity index (χ4v) is 2.37. The van der Waals surface area contributed by atoms with E-state index < -0.39 is 11.7 Å². The number of benzene rings is 1. The van der Waals surface area contributed by atoms with Crippen molar-refractivity contribution in [2.45, 2.75) is 32.1 Å². The molecule has 1 aliphatic heterocycles. The number of hydrogen-bond acceptors (Lipinski definition) is 2. The minimum absolute atomic E-state index is 0.489. The van der Waals surface area contributed by atoms with Gasteiger partial charge in [0.15, 0.2) is 0 Å². The van der Waals surface area contributed by atoms with E-state index in [0.717, 1.165) is 50.3 Å². The molecule has 1 aromatic carbocycles. The van der Waals surface area contributed by atoms with Gasteiger partial charge >= 0.3 is 6.18 Å². The summed E-state index contributed by atoms with van der Waals surface area (Å²) in [6.07, 6.45) is -3.18. The van der Waals surface area contributed by atoms with Crippen LogP contribution in [-0.4, -0.2) is 30.6 Å². The minimum Gasteiger partial charge on any atom is -0.311 e. The molecule has 1 N–H and O–H groups in total. The molecule has 2 nitrogen and oxygen atoms in total. The third-order valence-corrected chi connectivity index (χ3v) is 3.52. The van der Waals surface area contributed by atoms with Gasteiger partial charge in [-0.1, -0.05) is 19.1 Å². The first-order chi connectivity index (χ1) is 8.99. The molecule has 0 amide bonds. The lowest BCUT2D eigenvalue weighted by molar-refractivity contribution is -0.137. The summed E-state index contributed by atoms with van der Waals surface area (Å²) in [5, 5.41) is 3.42. The molecule has 0 aliphatic carbocycles. The van der Waals surface area contributed by atoms with Crippen LogP contribution in [0.5, 0.6) is 0 Å². The van der Waals surface area contributed by atoms with Crippen LogP contribution in [0.25, 0.3) is 0 Å². The first-order valence-electron chi connectivity index (χ1n) is 6.61. The SMILES string of the molecule is CCC1CN(Cc2ccc(C(F)(F)F)cc2)CCN1. The fourth-order valence-electron chi connectivity index (χ4n) is 2.37. The molecule has 0 radical (unpaired) electrons. The van der Waals surface area contributed by atoms with E-state index in [1.807, 2.05) is 0 Å². The molecule has 5 heteroatoms. The number of rotatable bonds is 3. The lowest BCUT2D eigenvalue weighted by Crippen LogP contribution is -2.49. The molecule has 0 saturated carbocycles. The summed E-state index contributed by atoms with van der Waals surface area (Å²) in [4.78, 5) is 2.28. The van der Waals surface area contributed by atoms with Gasteiger partial charge in [-0.2, -0.15) is 13.2 Å². The highest BCUT2D eigenvalue weighted by Crippen LogP contribution is 2.29. The number of halogens is 3. The third-order valence-electron chi connectivity index (χ3n) is 3.52. The molecule has 1 heterocycles. The Labute approximate surface area is 111 Å². The summed E-state index contributed by atoms with van der Waals surface area (Å²) < 4.78 is 37.4. The van der Waals surface area contributed by atoms with Crippen LogP contribution in [0.2, 0.25) is 0 Å². The molecular formula is C14H19F3N2. The van der Waals surface area contributed by atoms with Crippen molar-refractivity contribution in [3.05, 3.63) is 35.4 Å². The van der Waals surface area contributed by atoms with Crippen LogP contribution in [-0.2, 0) is 12.7 Å². The van der Waals surface area contributed by atoms with Gasteiger partial charge in [0.05, 0.1) is 5.56 Å². The summed E-state index contributed by atoms with van der Waals surface area (Å²) in [5.74, 6) is 0. The zero-order valence-electron chi connectivity index (χ0n) is 11.0. The average molecular weight is 272 g/mol. The molecule has 1 aliphatic rings. The van der Waals surface area contributed by atoms with Crippen LogP contribution in [0.1, 0.15) is 24.5 Å². The number of nitrogens with zero attached hydrogens (tertiary/aromatic N) is 1. The standard InChI is InChI=1S/C14H19F3N2/c1-2-13-10-19(8-7-18-13)9-11-3-5-12(6-4-11)14(15,16)17/h3-6,13,18H,2,7-10H2,1H3. The van der Waals surface area contributed by atoms with E-state index in [-0.39, 0.29) is 0 Å². The van der Waals surface area contributed by atoms with Crippen LogP contribution in [0, 0.1) is 0 Å². The third kappa shape index (κ3) is 3.94. The van der Waals surface area contributed by atoms with Gasteiger partial charge in [0, 0.05) is 32.2 Å². The highest BCUT2D eigenvalue weighted by molar-refractivity contribution is 5.24. The second kappa shape index (κ2) is 5.92. The van der Waals surface area contributed by atoms with E-state index in [4.69, 9.17) is 0 Å². The van der Waals surface area contributed by atoms with Crippen LogP contribution in [0.15, 0.2) is 24.3 Å². The van der Waals surface area contributed by atoms with E-state index in [9.17, 15) is 13.2 Å². The molecule has 0 bridgehead atoms. The monoisotopic (exact) mass is 272 g/mol. The van der Waals surface area contributed by atoms with Crippen LogP contribution in [0.4, 0.5) is 13.2 Å². The number of hydrogen-bond donors (Lipinski definition) is 1. The summed E-state index contributed by atoms with van der Waals surface area (Å²) >= 11 is 0. The van der Waals surface area contributed by atoms with Gasteiger partial charge in [-0.25, -0.2) is 0 Å². The molecule has 2 rings (SSSR count). The molecule has 0 aromatic heterocycles. The normalized spacial score (nSPS) is 21.6. The maximum absolute atomic E-state index is 12.5. The second-order valence-corrected chi connectivity index (χ2v) is 4.99. The fraction of sp³-hybridized carbons (Fsp3) is 0.571. The molecule has 106 valence electrons. The van der Waals surface area contributed by atoms with Crippen LogP contribution in [0.3, 0.4) is 0 Å². The van der Waals surface area contributed by atoms with Gasteiger partial charge in [-0.05, 0) is 24.1 Å². The van der Waals surface area contributed by atoms with Crippen molar-refractivity contribution < 1.29 is 13.2 Å². The quantitative estimate of drug-likeness (QED) is 0.910. The first-order valence-corrected chi connectivity index (χ1v) is 6.61. The highest BCUT2D eigenvalue weighted by atomic mass is 19.4. The van der Waals surface area contributed by atoms with Crippen molar-refractivity contribution in [3.8, 4) is 0 Å². The molecule has 19 heavy (non-hydrogen) atoms. The van der Waals surface area contributed by atoms with Gasteiger partial charge in [0.2, 0.25) is 0 Å². The Balaban J connectivity index is 1.96. The van der Waals surface area contributed by atoms with Crippen molar-refractivity contribution in [1.29, 1.82) is 0 Å². The first kappa shape index (κ1) is 14.3. The Kier molecular flexibility index (Phi) is 4.47. The van der Waals surface area contributed by atoms with Crippen molar-refractivity contribution in [2.24, 2.45) is 0 Å². The summed E-state index contributed by atoms with van der Waals surface area (Å²) in [6, 6.07) is 5.96. The Morgan fingerprint density at radius 1 is 1.26 bits per heavy atom. The van der Waals surface area contributed by atoms with Crippen molar-refractivity contribution in [1.82, 2.24) is 10.2 Å². The number of alkyl halides is 3. The second-order valence-electron chi connectivity index (χ2n) is 4.99. The van der Waals surface area contributed by atoms with E-state index in [2.05, 4.69) is 17.1 Å². The number of nitrogens with one attached hydrogen (secondary N) is 1. The van der Waals surface area contributed by atoms with Crippen molar-refractivity contribution in [2.75, 3.05) is 19.6 Å². The molecular weight excluding hydrogens is 253 g/mol. The topological polar surface area (TPSA) is 15.3 Å². The van der Waals surface area contributed by atoms with Gasteiger partial charge in [-0.3, -0.25) is 4.90 Å². The smallest absolute Gasteiger partial charge is 0.311 e. The van der Waals surface area contributed by atoms with Crippen LogP contribution < -0.4 is 5.32 Å². The van der Waals surface area contributed by atoms with Gasteiger partial charge in [0.25, 0.3) is 0 Å². The van der Waals surface area contributed by atoms with Gasteiger partial charge in [-0.15, -0.1) is 0 Å². The van der Waals surface area contributed by atoms with Gasteiger partial charge in [0.1, 0.15) is 0 Å².